The summed E-state index contributed by atoms with van der Waals surface area (Å²) in [5, 5.41) is 49.8. The fourth-order valence-electron chi connectivity index (χ4n) is 6.35. The van der Waals surface area contributed by atoms with Gasteiger partial charge in [-0.2, -0.15) is 0 Å². The van der Waals surface area contributed by atoms with Gasteiger partial charge >= 0.3 is 12.4 Å². The average molecular weight is 647 g/mol. The molecule has 3 aliphatic rings. The Kier molecular flexibility index (Phi) is 7.88. The molecule has 244 valence electrons. The summed E-state index contributed by atoms with van der Waals surface area (Å²) < 4.78 is 41.0. The van der Waals surface area contributed by atoms with Crippen LogP contribution in [0.15, 0.2) is 47.2 Å². The number of benzene rings is 2. The molecule has 3 atom stereocenters. The molecule has 1 fully saturated rings. The Bertz CT molecular complexity index is 1730. The molecule has 8 N–H and O–H groups in total. The second-order valence-corrected chi connectivity index (χ2v) is 11.4. The van der Waals surface area contributed by atoms with Crippen LogP contribution < -0.4 is 26.0 Å². The van der Waals surface area contributed by atoms with Gasteiger partial charge in [0.1, 0.15) is 28.6 Å². The summed E-state index contributed by atoms with van der Waals surface area (Å²) in [6.07, 6.45) is -5.25. The first-order chi connectivity index (χ1) is 21.4. The van der Waals surface area contributed by atoms with E-state index in [1.165, 1.54) is 12.1 Å². The second kappa shape index (κ2) is 11.3. The standard InChI is InChI=1S/C30H29F3N4O9/c1-37(2)18-9-13(11-35-28(44)36-15-3-5-16(6-4-15)46-30(31,32)33)23(39)21-17(18)8-12-7-14-10-19(38)22(27(34)43)26(42)29(14,45)25(41)20(12)24(21)40/h3-6,9,12,14,39-40,42,45H,7-8,10-11H2,1-2H3,(H2,34,43)(H2,35,36,44)/t12-,14+,29+/m1/s1. The zero-order chi connectivity index (χ0) is 33.9. The number of phenols is 1. The lowest BCUT2D eigenvalue weighted by molar-refractivity contribution is -0.274. The first-order valence-corrected chi connectivity index (χ1v) is 13.9. The van der Waals surface area contributed by atoms with E-state index < -0.39 is 82.3 Å². The number of amides is 3. The van der Waals surface area contributed by atoms with E-state index in [1.54, 1.807) is 25.1 Å². The Labute approximate surface area is 258 Å². The fraction of sp³-hybridized carbons (Fsp3) is 0.333. The number of rotatable bonds is 6. The number of nitrogens with one attached hydrogen (secondary N) is 2. The van der Waals surface area contributed by atoms with Crippen molar-refractivity contribution in [2.45, 2.75) is 37.8 Å². The van der Waals surface area contributed by atoms with E-state index in [2.05, 4.69) is 15.4 Å². The Morgan fingerprint density at radius 2 is 1.76 bits per heavy atom. The van der Waals surface area contributed by atoms with Gasteiger partial charge in [0, 0.05) is 55.5 Å². The van der Waals surface area contributed by atoms with Crippen molar-refractivity contribution in [2.75, 3.05) is 24.3 Å². The first kappa shape index (κ1) is 32.2. The Morgan fingerprint density at radius 3 is 2.35 bits per heavy atom. The van der Waals surface area contributed by atoms with Gasteiger partial charge in [-0.1, -0.05) is 0 Å². The molecule has 5 rings (SSSR count). The number of carbonyl (C=O) groups is 4. The SMILES string of the molecule is CN(C)c1cc(CNC(=O)Nc2ccc(OC(F)(F)F)cc2)c(O)c2c1C[C@H]1C[C@H]3CC(=O)C(C(N)=O)=C(O)[C@@]3(O)C(=O)C1=C2O. The molecule has 0 aliphatic heterocycles. The normalized spacial score (nSPS) is 22.5. The number of ketones is 2. The van der Waals surface area contributed by atoms with Gasteiger partial charge in [-0.05, 0) is 54.7 Å². The van der Waals surface area contributed by atoms with Crippen LogP contribution in [0.3, 0.4) is 0 Å². The predicted molar refractivity (Wildman–Crippen MR) is 155 cm³/mol. The van der Waals surface area contributed by atoms with Crippen LogP contribution in [0.4, 0.5) is 29.3 Å². The molecular formula is C30H29F3N4O9. The summed E-state index contributed by atoms with van der Waals surface area (Å²) in [4.78, 5) is 52.4. The largest absolute Gasteiger partial charge is 0.573 e. The van der Waals surface area contributed by atoms with Crippen LogP contribution >= 0.6 is 0 Å². The lowest BCUT2D eigenvalue weighted by atomic mass is 9.59. The number of urea groups is 1. The van der Waals surface area contributed by atoms with Gasteiger partial charge in [-0.3, -0.25) is 14.4 Å². The number of nitrogens with zero attached hydrogens (tertiary/aromatic N) is 1. The molecule has 46 heavy (non-hydrogen) atoms. The maximum atomic E-state index is 13.8. The third kappa shape index (κ3) is 5.44. The quantitative estimate of drug-likeness (QED) is 0.228. The zero-order valence-corrected chi connectivity index (χ0v) is 24.4. The number of hydrogen-bond donors (Lipinski definition) is 7. The van der Waals surface area contributed by atoms with Gasteiger partial charge in [0.15, 0.2) is 11.4 Å². The van der Waals surface area contributed by atoms with Crippen molar-refractivity contribution >= 4 is 40.6 Å². The lowest BCUT2D eigenvalue weighted by Crippen LogP contribution is -2.58. The highest BCUT2D eigenvalue weighted by atomic mass is 19.4. The molecule has 0 spiro atoms. The van der Waals surface area contributed by atoms with Crippen LogP contribution in [0.1, 0.15) is 29.5 Å². The summed E-state index contributed by atoms with van der Waals surface area (Å²) in [6, 6.07) is 5.16. The summed E-state index contributed by atoms with van der Waals surface area (Å²) in [6.45, 7) is -0.305. The number of ether oxygens (including phenoxy) is 1. The van der Waals surface area contributed by atoms with Crippen LogP contribution in [-0.2, 0) is 27.3 Å². The molecule has 0 aromatic heterocycles. The third-order valence-electron chi connectivity index (χ3n) is 8.39. The van der Waals surface area contributed by atoms with Crippen molar-refractivity contribution in [1.82, 2.24) is 5.32 Å². The van der Waals surface area contributed by atoms with Crippen LogP contribution in [0.25, 0.3) is 5.76 Å². The van der Waals surface area contributed by atoms with Crippen LogP contribution in [0.2, 0.25) is 0 Å². The molecule has 2 aromatic rings. The summed E-state index contributed by atoms with van der Waals surface area (Å²) >= 11 is 0. The van der Waals surface area contributed by atoms with Gasteiger partial charge in [-0.25, -0.2) is 4.79 Å². The lowest BCUT2D eigenvalue weighted by Gasteiger charge is -2.46. The molecule has 16 heteroatoms. The molecule has 0 radical (unpaired) electrons. The average Bonchev–Trinajstić information content (AvgIpc) is 2.94. The zero-order valence-electron chi connectivity index (χ0n) is 24.4. The van der Waals surface area contributed by atoms with Gasteiger partial charge in [0.05, 0.1) is 5.56 Å². The Hall–Kier alpha value is -5.25. The topological polar surface area (TPSA) is 212 Å². The molecule has 3 amide bonds. The van der Waals surface area contributed by atoms with Crippen LogP contribution in [0.5, 0.6) is 11.5 Å². The highest BCUT2D eigenvalue weighted by molar-refractivity contribution is 6.22. The number of aromatic hydroxyl groups is 1. The van der Waals surface area contributed by atoms with Gasteiger partial charge < -0.3 is 46.4 Å². The number of halogens is 3. The third-order valence-corrected chi connectivity index (χ3v) is 8.39. The smallest absolute Gasteiger partial charge is 0.508 e. The molecule has 0 heterocycles. The molecule has 2 aromatic carbocycles. The molecule has 13 nitrogen and oxygen atoms in total. The van der Waals surface area contributed by atoms with Crippen molar-refractivity contribution in [3.8, 4) is 11.5 Å². The molecule has 0 unspecified atom stereocenters. The number of anilines is 2. The molecule has 3 aliphatic carbocycles. The van der Waals surface area contributed by atoms with Crippen molar-refractivity contribution in [2.24, 2.45) is 17.6 Å². The summed E-state index contributed by atoms with van der Waals surface area (Å²) in [5.74, 6) is -7.94. The monoisotopic (exact) mass is 646 g/mol. The van der Waals surface area contributed by atoms with Gasteiger partial charge in [0.25, 0.3) is 5.91 Å². The van der Waals surface area contributed by atoms with Crippen molar-refractivity contribution in [3.05, 3.63) is 63.9 Å². The molecule has 0 saturated heterocycles. The predicted octanol–water partition coefficient (Wildman–Crippen LogP) is 2.71. The minimum absolute atomic E-state index is 0.0245. The maximum absolute atomic E-state index is 13.8. The van der Waals surface area contributed by atoms with E-state index in [0.717, 1.165) is 12.1 Å². The van der Waals surface area contributed by atoms with Crippen LogP contribution in [0, 0.1) is 11.8 Å². The van der Waals surface area contributed by atoms with E-state index in [0.29, 0.717) is 11.3 Å². The number of nitrogens with two attached hydrogens (primary N) is 1. The maximum Gasteiger partial charge on any atom is 0.573 e. The van der Waals surface area contributed by atoms with E-state index >= 15 is 0 Å². The highest BCUT2D eigenvalue weighted by Crippen LogP contribution is 2.53. The minimum atomic E-state index is -4.88. The number of hydrogen-bond acceptors (Lipinski definition) is 10. The highest BCUT2D eigenvalue weighted by Gasteiger charge is 2.60. The van der Waals surface area contributed by atoms with Crippen molar-refractivity contribution in [3.63, 3.8) is 0 Å². The first-order valence-electron chi connectivity index (χ1n) is 13.9. The molecule has 0 bridgehead atoms. The number of alkyl halides is 3. The van der Waals surface area contributed by atoms with Gasteiger partial charge in [0.2, 0.25) is 5.78 Å². The number of aliphatic hydroxyl groups excluding tert-OH is 2. The molecule has 1 saturated carbocycles. The van der Waals surface area contributed by atoms with E-state index in [1.807, 2.05) is 0 Å². The van der Waals surface area contributed by atoms with Crippen molar-refractivity contribution < 1.29 is 57.5 Å². The van der Waals surface area contributed by atoms with Crippen LogP contribution in [-0.4, -0.2) is 70.0 Å². The number of aliphatic hydroxyl groups is 3. The Balaban J connectivity index is 1.45. The number of fused-ring (bicyclic) bond motifs is 3. The number of phenolic OH excluding ortho intramolecular Hbond substituents is 1. The van der Waals surface area contributed by atoms with E-state index in [4.69, 9.17) is 5.73 Å². The summed E-state index contributed by atoms with van der Waals surface area (Å²) in [5.41, 5.74) is 2.38. The number of Topliss-reactive ketones (excluding diaryl/α,β-unsaturated/α-hetero) is 2. The van der Waals surface area contributed by atoms with E-state index in [9.17, 15) is 52.8 Å². The number of carbonyl (C=O) groups excluding carboxylic acids is 4. The summed E-state index contributed by atoms with van der Waals surface area (Å²) in [7, 11) is 3.38. The van der Waals surface area contributed by atoms with Gasteiger partial charge in [-0.15, -0.1) is 13.2 Å². The minimum Gasteiger partial charge on any atom is -0.508 e. The molecular weight excluding hydrogens is 617 g/mol. The van der Waals surface area contributed by atoms with Crippen molar-refractivity contribution in [1.29, 1.82) is 0 Å². The number of primary amides is 1. The Morgan fingerprint density at radius 1 is 1.11 bits per heavy atom. The van der Waals surface area contributed by atoms with E-state index in [-0.39, 0.29) is 41.8 Å². The second-order valence-electron chi connectivity index (χ2n) is 11.4. The fourth-order valence-corrected chi connectivity index (χ4v) is 6.35.